The van der Waals surface area contributed by atoms with Crippen LogP contribution in [0.1, 0.15) is 17.5 Å². The first-order chi connectivity index (χ1) is 9.54. The minimum atomic E-state index is -0.978. The van der Waals surface area contributed by atoms with E-state index in [9.17, 15) is 9.90 Å². The van der Waals surface area contributed by atoms with Crippen molar-refractivity contribution in [3.63, 3.8) is 0 Å². The molecule has 0 aliphatic heterocycles. The lowest BCUT2D eigenvalue weighted by atomic mass is 10.00. The van der Waals surface area contributed by atoms with Gasteiger partial charge in [-0.25, -0.2) is 0 Å². The molecule has 0 saturated heterocycles. The summed E-state index contributed by atoms with van der Waals surface area (Å²) in [6, 6.07) is 16.1. The van der Waals surface area contributed by atoms with E-state index in [4.69, 9.17) is 5.11 Å². The Morgan fingerprint density at radius 2 is 1.50 bits per heavy atom. The summed E-state index contributed by atoms with van der Waals surface area (Å²) in [5.74, 6) is -0.978. The van der Waals surface area contributed by atoms with Crippen LogP contribution in [0.4, 0.5) is 0 Å². The number of carboxylic acids is 1. The third-order valence-corrected chi connectivity index (χ3v) is 3.22. The van der Waals surface area contributed by atoms with Gasteiger partial charge >= 0.3 is 5.97 Å². The van der Waals surface area contributed by atoms with Crippen LogP contribution in [0.3, 0.4) is 0 Å². The maximum atomic E-state index is 10.5. The molecule has 3 nitrogen and oxygen atoms in total. The Kier molecular flexibility index (Phi) is 4.53. The number of aliphatic carboxylic acids is 1. The normalized spacial score (nSPS) is 12.1. The second kappa shape index (κ2) is 6.35. The molecule has 0 aliphatic rings. The van der Waals surface area contributed by atoms with Gasteiger partial charge in [-0.2, -0.15) is 0 Å². The number of aliphatic hydroxyl groups is 1. The van der Waals surface area contributed by atoms with Crippen molar-refractivity contribution < 1.29 is 15.0 Å². The average Bonchev–Trinajstić information content (AvgIpc) is 2.39. The largest absolute Gasteiger partial charge is 0.481 e. The van der Waals surface area contributed by atoms with Crippen LogP contribution >= 0.6 is 0 Å². The van der Waals surface area contributed by atoms with Gasteiger partial charge in [-0.1, -0.05) is 54.1 Å². The predicted molar refractivity (Wildman–Crippen MR) is 78.6 cm³/mol. The number of hydrogen-bond donors (Lipinski definition) is 2. The van der Waals surface area contributed by atoms with Crippen LogP contribution in [0, 0.1) is 6.92 Å². The molecule has 0 aliphatic carbocycles. The summed E-state index contributed by atoms with van der Waals surface area (Å²) in [5.41, 5.74) is 4.42. The van der Waals surface area contributed by atoms with Gasteiger partial charge in [-0.3, -0.25) is 4.79 Å². The topological polar surface area (TPSA) is 57.5 Å². The van der Waals surface area contributed by atoms with Crippen LogP contribution in [0.15, 0.2) is 48.5 Å². The van der Waals surface area contributed by atoms with Crippen molar-refractivity contribution in [2.24, 2.45) is 0 Å². The summed E-state index contributed by atoms with van der Waals surface area (Å²) in [6.07, 6.45) is -0.696. The second-order valence-corrected chi connectivity index (χ2v) is 5.02. The van der Waals surface area contributed by atoms with Crippen LogP contribution in [0.5, 0.6) is 0 Å². The molecule has 0 aromatic heterocycles. The summed E-state index contributed by atoms with van der Waals surface area (Å²) in [7, 11) is 0. The van der Waals surface area contributed by atoms with Crippen LogP contribution in [-0.4, -0.2) is 22.3 Å². The Morgan fingerprint density at radius 3 is 2.00 bits per heavy atom. The van der Waals surface area contributed by atoms with E-state index in [-0.39, 0.29) is 6.42 Å². The Labute approximate surface area is 118 Å². The van der Waals surface area contributed by atoms with Gasteiger partial charge in [0.2, 0.25) is 0 Å². The van der Waals surface area contributed by atoms with E-state index in [2.05, 4.69) is 31.2 Å². The number of aliphatic hydroxyl groups excluding tert-OH is 1. The average molecular weight is 270 g/mol. The molecule has 104 valence electrons. The van der Waals surface area contributed by atoms with Crippen molar-refractivity contribution in [2.75, 3.05) is 0 Å². The lowest BCUT2D eigenvalue weighted by Gasteiger charge is -2.09. The number of aryl methyl sites for hydroxylation is 1. The molecule has 0 radical (unpaired) electrons. The van der Waals surface area contributed by atoms with Crippen LogP contribution in [0.25, 0.3) is 11.1 Å². The molecule has 2 aromatic carbocycles. The molecule has 0 spiro atoms. The van der Waals surface area contributed by atoms with Gasteiger partial charge in [0.25, 0.3) is 0 Å². The standard InChI is InChI=1S/C17H18O3/c1-12-2-6-14(7-3-12)15-8-4-13(5-9-15)10-16(18)11-17(19)20/h2-9,16,18H,10-11H2,1H3,(H,19,20). The van der Waals surface area contributed by atoms with Gasteiger partial charge in [-0.15, -0.1) is 0 Å². The summed E-state index contributed by atoms with van der Waals surface area (Å²) in [4.78, 5) is 10.5. The number of benzene rings is 2. The maximum Gasteiger partial charge on any atom is 0.305 e. The first kappa shape index (κ1) is 14.3. The molecule has 2 aromatic rings. The fourth-order valence-corrected chi connectivity index (χ4v) is 2.13. The molecule has 20 heavy (non-hydrogen) atoms. The molecule has 2 N–H and O–H groups in total. The highest BCUT2D eigenvalue weighted by atomic mass is 16.4. The van der Waals surface area contributed by atoms with Gasteiger partial charge in [0.05, 0.1) is 12.5 Å². The van der Waals surface area contributed by atoms with Gasteiger partial charge in [0, 0.05) is 0 Å². The fraction of sp³-hybridized carbons (Fsp3) is 0.235. The van der Waals surface area contributed by atoms with E-state index < -0.39 is 12.1 Å². The summed E-state index contributed by atoms with van der Waals surface area (Å²) < 4.78 is 0. The highest BCUT2D eigenvalue weighted by molar-refractivity contribution is 5.67. The molecule has 0 bridgehead atoms. The quantitative estimate of drug-likeness (QED) is 0.878. The number of carbonyl (C=O) groups is 1. The molecule has 1 atom stereocenters. The van der Waals surface area contributed by atoms with Gasteiger partial charge < -0.3 is 10.2 Å². The summed E-state index contributed by atoms with van der Waals surface area (Å²) in [5, 5.41) is 18.2. The van der Waals surface area contributed by atoms with E-state index >= 15 is 0 Å². The van der Waals surface area contributed by atoms with E-state index in [1.54, 1.807) is 0 Å². The minimum Gasteiger partial charge on any atom is -0.481 e. The monoisotopic (exact) mass is 270 g/mol. The molecule has 3 heteroatoms. The first-order valence-electron chi connectivity index (χ1n) is 6.60. The van der Waals surface area contributed by atoms with Gasteiger partial charge in [-0.05, 0) is 30.0 Å². The zero-order chi connectivity index (χ0) is 14.5. The molecule has 1 unspecified atom stereocenters. The number of rotatable bonds is 5. The molecule has 0 fully saturated rings. The van der Waals surface area contributed by atoms with Crippen molar-refractivity contribution >= 4 is 5.97 Å². The third-order valence-electron chi connectivity index (χ3n) is 3.22. The SMILES string of the molecule is Cc1ccc(-c2ccc(CC(O)CC(=O)O)cc2)cc1. The van der Waals surface area contributed by atoms with Crippen molar-refractivity contribution in [3.05, 3.63) is 59.7 Å². The van der Waals surface area contributed by atoms with E-state index in [0.29, 0.717) is 6.42 Å². The molecule has 2 rings (SSSR count). The van der Waals surface area contributed by atoms with Crippen LogP contribution in [0.2, 0.25) is 0 Å². The van der Waals surface area contributed by atoms with Crippen molar-refractivity contribution in [1.29, 1.82) is 0 Å². The smallest absolute Gasteiger partial charge is 0.305 e. The molecule has 0 saturated carbocycles. The highest BCUT2D eigenvalue weighted by Crippen LogP contribution is 2.20. The van der Waals surface area contributed by atoms with Crippen molar-refractivity contribution in [3.8, 4) is 11.1 Å². The fourth-order valence-electron chi connectivity index (χ4n) is 2.13. The van der Waals surface area contributed by atoms with E-state index in [0.717, 1.165) is 16.7 Å². The second-order valence-electron chi connectivity index (χ2n) is 5.02. The summed E-state index contributed by atoms with van der Waals surface area (Å²) in [6.45, 7) is 2.05. The molecule has 0 amide bonds. The summed E-state index contributed by atoms with van der Waals surface area (Å²) >= 11 is 0. The lowest BCUT2D eigenvalue weighted by Crippen LogP contribution is -2.15. The van der Waals surface area contributed by atoms with Crippen molar-refractivity contribution in [1.82, 2.24) is 0 Å². The molecular weight excluding hydrogens is 252 g/mol. The maximum absolute atomic E-state index is 10.5. The zero-order valence-corrected chi connectivity index (χ0v) is 11.4. The first-order valence-corrected chi connectivity index (χ1v) is 6.60. The minimum absolute atomic E-state index is 0.223. The predicted octanol–water partition coefficient (Wildman–Crippen LogP) is 3.04. The Morgan fingerprint density at radius 1 is 1.00 bits per heavy atom. The zero-order valence-electron chi connectivity index (χ0n) is 11.4. The molecular formula is C17H18O3. The Balaban J connectivity index is 2.06. The van der Waals surface area contributed by atoms with Crippen LogP contribution in [-0.2, 0) is 11.2 Å². The number of hydrogen-bond acceptors (Lipinski definition) is 2. The Bertz CT molecular complexity index is 570. The highest BCUT2D eigenvalue weighted by Gasteiger charge is 2.10. The van der Waals surface area contributed by atoms with Crippen LogP contribution < -0.4 is 0 Å². The van der Waals surface area contributed by atoms with Crippen molar-refractivity contribution in [2.45, 2.75) is 25.9 Å². The van der Waals surface area contributed by atoms with Gasteiger partial charge in [0.1, 0.15) is 0 Å². The molecule has 0 heterocycles. The Hall–Kier alpha value is -2.13. The number of carboxylic acid groups (broad SMARTS) is 1. The lowest BCUT2D eigenvalue weighted by molar-refractivity contribution is -0.139. The van der Waals surface area contributed by atoms with Gasteiger partial charge in [0.15, 0.2) is 0 Å². The third kappa shape index (κ3) is 3.93. The van der Waals surface area contributed by atoms with E-state index in [1.807, 2.05) is 24.3 Å². The van der Waals surface area contributed by atoms with E-state index in [1.165, 1.54) is 5.56 Å².